The molecule has 27 heavy (non-hydrogen) atoms. The largest absolute Gasteiger partial charge is 0.490 e. The van der Waals surface area contributed by atoms with Gasteiger partial charge in [-0.1, -0.05) is 25.0 Å². The van der Waals surface area contributed by atoms with Gasteiger partial charge >= 0.3 is 0 Å². The Kier molecular flexibility index (Phi) is 6.04. The number of fused-ring (bicyclic) bond motifs is 1. The van der Waals surface area contributed by atoms with E-state index in [-0.39, 0.29) is 23.8 Å². The summed E-state index contributed by atoms with van der Waals surface area (Å²) in [5.41, 5.74) is 0.685. The van der Waals surface area contributed by atoms with Crippen LogP contribution >= 0.6 is 0 Å². The molecule has 2 atom stereocenters. The number of furan rings is 1. The van der Waals surface area contributed by atoms with E-state index in [0.717, 1.165) is 31.1 Å². The van der Waals surface area contributed by atoms with Crippen LogP contribution in [0.25, 0.3) is 11.0 Å². The molecule has 0 spiro atoms. The van der Waals surface area contributed by atoms with Gasteiger partial charge in [0.2, 0.25) is 11.8 Å². The zero-order valence-electron chi connectivity index (χ0n) is 16.2. The maximum Gasteiger partial charge on any atom is 0.243 e. The van der Waals surface area contributed by atoms with E-state index in [4.69, 9.17) is 9.15 Å². The van der Waals surface area contributed by atoms with Crippen LogP contribution in [0.3, 0.4) is 0 Å². The average molecular weight is 372 g/mol. The first-order chi connectivity index (χ1) is 13.0. The van der Waals surface area contributed by atoms with Crippen LogP contribution < -0.4 is 15.4 Å². The number of nitrogens with one attached hydrogen (secondary N) is 2. The second kappa shape index (κ2) is 8.46. The molecular formula is C21H28N2O4. The van der Waals surface area contributed by atoms with Crippen molar-refractivity contribution in [2.75, 3.05) is 6.61 Å². The Morgan fingerprint density at radius 1 is 1.26 bits per heavy atom. The molecule has 0 saturated heterocycles. The number of hydrogen-bond acceptors (Lipinski definition) is 4. The van der Waals surface area contributed by atoms with Crippen LogP contribution in [0, 0.1) is 5.92 Å². The fourth-order valence-corrected chi connectivity index (χ4v) is 3.82. The van der Waals surface area contributed by atoms with Crippen molar-refractivity contribution in [3.8, 4) is 5.75 Å². The summed E-state index contributed by atoms with van der Waals surface area (Å²) >= 11 is 0. The molecule has 0 aliphatic heterocycles. The number of hydrogen-bond donors (Lipinski definition) is 2. The van der Waals surface area contributed by atoms with Gasteiger partial charge in [0.05, 0.1) is 12.6 Å². The Bertz CT molecular complexity index is 808. The maximum atomic E-state index is 12.8. The number of carbonyl (C=O) groups excluding carboxylic acids is 2. The van der Waals surface area contributed by atoms with E-state index in [9.17, 15) is 9.59 Å². The highest BCUT2D eigenvalue weighted by atomic mass is 16.5. The number of amides is 2. The Morgan fingerprint density at radius 3 is 2.67 bits per heavy atom. The normalized spacial score (nSPS) is 16.9. The predicted molar refractivity (Wildman–Crippen MR) is 104 cm³/mol. The molecule has 1 aliphatic carbocycles. The third-order valence-corrected chi connectivity index (χ3v) is 5.12. The number of rotatable bonds is 7. The molecule has 1 aromatic heterocycles. The molecule has 1 fully saturated rings. The van der Waals surface area contributed by atoms with Crippen LogP contribution in [0.2, 0.25) is 0 Å². The monoisotopic (exact) mass is 372 g/mol. The molecule has 1 heterocycles. The number of carbonyl (C=O) groups is 2. The molecule has 6 heteroatoms. The highest BCUT2D eigenvalue weighted by Crippen LogP contribution is 2.32. The summed E-state index contributed by atoms with van der Waals surface area (Å²) in [7, 11) is 0. The highest BCUT2D eigenvalue weighted by molar-refractivity contribution is 5.88. The minimum absolute atomic E-state index is 0.157. The summed E-state index contributed by atoms with van der Waals surface area (Å²) in [6.45, 7) is 5.82. The SMILES string of the molecule is CCOc1cccc2cc(C(C)NC(=O)C(NC(C)=O)C3CCCC3)oc12. The van der Waals surface area contributed by atoms with Gasteiger partial charge in [-0.2, -0.15) is 0 Å². The molecule has 1 aliphatic rings. The van der Waals surface area contributed by atoms with Crippen molar-refractivity contribution in [2.45, 2.75) is 58.5 Å². The van der Waals surface area contributed by atoms with Crippen molar-refractivity contribution in [1.29, 1.82) is 0 Å². The maximum absolute atomic E-state index is 12.8. The second-order valence-electron chi connectivity index (χ2n) is 7.21. The van der Waals surface area contributed by atoms with Crippen molar-refractivity contribution in [3.63, 3.8) is 0 Å². The zero-order valence-corrected chi connectivity index (χ0v) is 16.2. The first-order valence-electron chi connectivity index (χ1n) is 9.72. The van der Waals surface area contributed by atoms with E-state index in [0.29, 0.717) is 23.7 Å². The Labute approximate surface area is 159 Å². The number of ether oxygens (including phenoxy) is 1. The summed E-state index contributed by atoms with van der Waals surface area (Å²) in [5.74, 6) is 1.22. The molecule has 2 unspecified atom stereocenters. The van der Waals surface area contributed by atoms with Crippen LogP contribution in [-0.2, 0) is 9.59 Å². The van der Waals surface area contributed by atoms with Crippen molar-refractivity contribution in [1.82, 2.24) is 10.6 Å². The fourth-order valence-electron chi connectivity index (χ4n) is 3.82. The lowest BCUT2D eigenvalue weighted by atomic mass is 9.97. The van der Waals surface area contributed by atoms with Crippen LogP contribution in [-0.4, -0.2) is 24.5 Å². The van der Waals surface area contributed by atoms with Gasteiger partial charge in [0.1, 0.15) is 11.8 Å². The van der Waals surface area contributed by atoms with Crippen molar-refractivity contribution < 1.29 is 18.7 Å². The Balaban J connectivity index is 1.75. The predicted octanol–water partition coefficient (Wildman–Crippen LogP) is 3.70. The highest BCUT2D eigenvalue weighted by Gasteiger charge is 2.32. The van der Waals surface area contributed by atoms with Crippen molar-refractivity contribution in [2.24, 2.45) is 5.92 Å². The van der Waals surface area contributed by atoms with Crippen molar-refractivity contribution >= 4 is 22.8 Å². The second-order valence-corrected chi connectivity index (χ2v) is 7.21. The Hall–Kier alpha value is -2.50. The topological polar surface area (TPSA) is 80.6 Å². The molecule has 146 valence electrons. The van der Waals surface area contributed by atoms with Gasteiger partial charge in [-0.25, -0.2) is 0 Å². The zero-order chi connectivity index (χ0) is 19.4. The van der Waals surface area contributed by atoms with Gasteiger partial charge in [-0.05, 0) is 44.7 Å². The quantitative estimate of drug-likeness (QED) is 0.776. The summed E-state index contributed by atoms with van der Waals surface area (Å²) < 4.78 is 11.6. The summed E-state index contributed by atoms with van der Waals surface area (Å²) in [6, 6.07) is 6.87. The third-order valence-electron chi connectivity index (χ3n) is 5.12. The van der Waals surface area contributed by atoms with Gasteiger partial charge in [0.15, 0.2) is 11.3 Å². The third kappa shape index (κ3) is 4.43. The van der Waals surface area contributed by atoms with Crippen LogP contribution in [0.4, 0.5) is 0 Å². The molecular weight excluding hydrogens is 344 g/mol. The molecule has 1 aromatic carbocycles. The van der Waals surface area contributed by atoms with E-state index in [1.165, 1.54) is 6.92 Å². The lowest BCUT2D eigenvalue weighted by Crippen LogP contribution is -2.50. The number of benzene rings is 1. The molecule has 3 rings (SSSR count). The van der Waals surface area contributed by atoms with Crippen LogP contribution in [0.1, 0.15) is 58.3 Å². The van der Waals surface area contributed by atoms with Gasteiger partial charge in [0.25, 0.3) is 0 Å². The standard InChI is InChI=1S/C21H28N2O4/c1-4-26-17-11-7-10-16-12-18(27-20(16)17)13(2)22-21(25)19(23-14(3)24)15-8-5-6-9-15/h7,10-13,15,19H,4-6,8-9H2,1-3H3,(H,22,25)(H,23,24). The molecule has 0 radical (unpaired) electrons. The van der Waals surface area contributed by atoms with Gasteiger partial charge < -0.3 is 19.8 Å². The van der Waals surface area contributed by atoms with Crippen LogP contribution in [0.5, 0.6) is 5.75 Å². The first-order valence-corrected chi connectivity index (χ1v) is 9.72. The molecule has 1 saturated carbocycles. The summed E-state index contributed by atoms with van der Waals surface area (Å²) in [5, 5.41) is 6.77. The van der Waals surface area contributed by atoms with Gasteiger partial charge in [-0.3, -0.25) is 9.59 Å². The first kappa shape index (κ1) is 19.3. The summed E-state index contributed by atoms with van der Waals surface area (Å²) in [6.07, 6.45) is 4.14. The number of para-hydroxylation sites is 1. The fraction of sp³-hybridized carbons (Fsp3) is 0.524. The van der Waals surface area contributed by atoms with E-state index in [1.54, 1.807) is 0 Å². The lowest BCUT2D eigenvalue weighted by molar-refractivity contribution is -0.130. The Morgan fingerprint density at radius 2 is 2.00 bits per heavy atom. The van der Waals surface area contributed by atoms with Crippen LogP contribution in [0.15, 0.2) is 28.7 Å². The molecule has 2 N–H and O–H groups in total. The van der Waals surface area contributed by atoms with E-state index in [1.807, 2.05) is 38.1 Å². The average Bonchev–Trinajstić information content (AvgIpc) is 3.29. The molecule has 6 nitrogen and oxygen atoms in total. The van der Waals surface area contributed by atoms with Gasteiger partial charge in [0, 0.05) is 12.3 Å². The van der Waals surface area contributed by atoms with E-state index >= 15 is 0 Å². The summed E-state index contributed by atoms with van der Waals surface area (Å²) in [4.78, 5) is 24.4. The smallest absolute Gasteiger partial charge is 0.243 e. The minimum Gasteiger partial charge on any atom is -0.490 e. The molecule has 0 bridgehead atoms. The molecule has 2 aromatic rings. The molecule has 2 amide bonds. The van der Waals surface area contributed by atoms with Crippen molar-refractivity contribution in [3.05, 3.63) is 30.0 Å². The minimum atomic E-state index is -0.490. The van der Waals surface area contributed by atoms with Gasteiger partial charge in [-0.15, -0.1) is 0 Å². The van der Waals surface area contributed by atoms with E-state index < -0.39 is 6.04 Å². The van der Waals surface area contributed by atoms with E-state index in [2.05, 4.69) is 10.6 Å². The lowest BCUT2D eigenvalue weighted by Gasteiger charge is -2.24.